The number of methoxy groups -OCH3 is 1. The SMILES string of the molecule is COc1ccccc1COc1cc(F)ccc1B(O)O. The van der Waals surface area contributed by atoms with Crippen LogP contribution in [-0.2, 0) is 6.61 Å². The Hall–Kier alpha value is -2.05. The lowest BCUT2D eigenvalue weighted by Gasteiger charge is -2.13. The van der Waals surface area contributed by atoms with Gasteiger partial charge >= 0.3 is 7.12 Å². The van der Waals surface area contributed by atoms with E-state index in [4.69, 9.17) is 9.47 Å². The van der Waals surface area contributed by atoms with Crippen molar-refractivity contribution in [1.29, 1.82) is 0 Å². The fraction of sp³-hybridized carbons (Fsp3) is 0.143. The molecule has 0 aliphatic carbocycles. The minimum Gasteiger partial charge on any atom is -0.496 e. The lowest BCUT2D eigenvalue weighted by molar-refractivity contribution is 0.296. The molecule has 2 aromatic carbocycles. The normalized spacial score (nSPS) is 10.2. The zero-order valence-corrected chi connectivity index (χ0v) is 10.9. The summed E-state index contributed by atoms with van der Waals surface area (Å²) in [7, 11) is -0.174. The summed E-state index contributed by atoms with van der Waals surface area (Å²) in [4.78, 5) is 0. The van der Waals surface area contributed by atoms with Gasteiger partial charge in [0.25, 0.3) is 0 Å². The van der Waals surface area contributed by atoms with E-state index in [0.29, 0.717) is 5.75 Å². The van der Waals surface area contributed by atoms with Crippen LogP contribution < -0.4 is 14.9 Å². The Labute approximate surface area is 116 Å². The molecule has 0 aliphatic heterocycles. The van der Waals surface area contributed by atoms with Crippen molar-refractivity contribution >= 4 is 12.6 Å². The quantitative estimate of drug-likeness (QED) is 0.803. The summed E-state index contributed by atoms with van der Waals surface area (Å²) < 4.78 is 23.9. The van der Waals surface area contributed by atoms with Gasteiger partial charge in [-0.3, -0.25) is 0 Å². The topological polar surface area (TPSA) is 58.9 Å². The molecule has 0 amide bonds. The van der Waals surface area contributed by atoms with Crippen LogP contribution in [0.5, 0.6) is 11.5 Å². The second kappa shape index (κ2) is 6.41. The first-order chi connectivity index (χ1) is 9.61. The molecule has 0 bridgehead atoms. The molecule has 0 aliphatic rings. The van der Waals surface area contributed by atoms with E-state index in [9.17, 15) is 14.4 Å². The largest absolute Gasteiger partial charge is 0.496 e. The van der Waals surface area contributed by atoms with Crippen molar-refractivity contribution < 1.29 is 23.9 Å². The first-order valence-electron chi connectivity index (χ1n) is 6.02. The van der Waals surface area contributed by atoms with Crippen LogP contribution in [0, 0.1) is 5.82 Å². The molecule has 0 fully saturated rings. The van der Waals surface area contributed by atoms with Crippen molar-refractivity contribution in [2.75, 3.05) is 7.11 Å². The van der Waals surface area contributed by atoms with Gasteiger partial charge in [0.2, 0.25) is 0 Å². The first-order valence-corrected chi connectivity index (χ1v) is 6.02. The van der Waals surface area contributed by atoms with Crippen LogP contribution in [0.3, 0.4) is 0 Å². The number of benzene rings is 2. The molecule has 4 nitrogen and oxygen atoms in total. The highest BCUT2D eigenvalue weighted by molar-refractivity contribution is 6.59. The number of rotatable bonds is 5. The number of hydrogen-bond acceptors (Lipinski definition) is 4. The van der Waals surface area contributed by atoms with E-state index in [1.165, 1.54) is 6.07 Å². The van der Waals surface area contributed by atoms with E-state index >= 15 is 0 Å². The molecule has 0 spiro atoms. The Balaban J connectivity index is 2.20. The van der Waals surface area contributed by atoms with Crippen molar-refractivity contribution in [1.82, 2.24) is 0 Å². The van der Waals surface area contributed by atoms with Crippen molar-refractivity contribution in [3.8, 4) is 11.5 Å². The van der Waals surface area contributed by atoms with Gasteiger partial charge in [0.05, 0.1) is 7.11 Å². The van der Waals surface area contributed by atoms with E-state index in [-0.39, 0.29) is 17.8 Å². The predicted octanol–water partition coefficient (Wildman–Crippen LogP) is 1.09. The predicted molar refractivity (Wildman–Crippen MR) is 73.6 cm³/mol. The van der Waals surface area contributed by atoms with Gasteiger partial charge in [0.1, 0.15) is 23.9 Å². The van der Waals surface area contributed by atoms with E-state index in [1.807, 2.05) is 18.2 Å². The molecule has 2 aromatic rings. The molecule has 2 N–H and O–H groups in total. The van der Waals surface area contributed by atoms with Crippen LogP contribution in [0.25, 0.3) is 0 Å². The standard InChI is InChI=1S/C14H14BFO4/c1-19-13-5-3-2-4-10(13)9-20-14-8-11(16)6-7-12(14)15(17)18/h2-8,17-18H,9H2,1H3. The molecule has 6 heteroatoms. The summed E-state index contributed by atoms with van der Waals surface area (Å²) in [5.74, 6) is 0.227. The molecule has 2 rings (SSSR count). The first kappa shape index (κ1) is 14.4. The number of ether oxygens (including phenoxy) is 2. The van der Waals surface area contributed by atoms with Gasteiger partial charge < -0.3 is 19.5 Å². The number of halogens is 1. The third-order valence-corrected chi connectivity index (χ3v) is 2.83. The van der Waals surface area contributed by atoms with Crippen LogP contribution in [0.2, 0.25) is 0 Å². The summed E-state index contributed by atoms with van der Waals surface area (Å²) in [6.45, 7) is 0.132. The average molecular weight is 276 g/mol. The zero-order chi connectivity index (χ0) is 14.5. The van der Waals surface area contributed by atoms with E-state index in [1.54, 1.807) is 13.2 Å². The average Bonchev–Trinajstić information content (AvgIpc) is 2.45. The summed E-state index contributed by atoms with van der Waals surface area (Å²) >= 11 is 0. The van der Waals surface area contributed by atoms with Gasteiger partial charge in [-0.25, -0.2) is 4.39 Å². The van der Waals surface area contributed by atoms with Crippen LogP contribution in [0.1, 0.15) is 5.56 Å². The maximum absolute atomic E-state index is 13.2. The van der Waals surface area contributed by atoms with Gasteiger partial charge in [-0.05, 0) is 12.1 Å². The lowest BCUT2D eigenvalue weighted by atomic mass is 9.79. The highest BCUT2D eigenvalue weighted by atomic mass is 19.1. The molecular weight excluding hydrogens is 262 g/mol. The molecule has 0 radical (unpaired) electrons. The number of hydrogen-bond donors (Lipinski definition) is 2. The lowest BCUT2D eigenvalue weighted by Crippen LogP contribution is -2.31. The molecule has 104 valence electrons. The van der Waals surface area contributed by atoms with Crippen LogP contribution >= 0.6 is 0 Å². The maximum atomic E-state index is 13.2. The van der Waals surface area contributed by atoms with Gasteiger partial charge in [-0.1, -0.05) is 24.3 Å². The van der Waals surface area contributed by atoms with Gasteiger partial charge in [0.15, 0.2) is 0 Å². The van der Waals surface area contributed by atoms with Gasteiger partial charge in [0, 0.05) is 17.1 Å². The minimum atomic E-state index is -1.72. The van der Waals surface area contributed by atoms with Crippen LogP contribution in [-0.4, -0.2) is 24.3 Å². The molecule has 0 unspecified atom stereocenters. The van der Waals surface area contributed by atoms with Crippen molar-refractivity contribution in [2.45, 2.75) is 6.61 Å². The fourth-order valence-electron chi connectivity index (χ4n) is 1.82. The van der Waals surface area contributed by atoms with Crippen molar-refractivity contribution in [2.24, 2.45) is 0 Å². The number of para-hydroxylation sites is 1. The summed E-state index contributed by atoms with van der Waals surface area (Å²) in [6, 6.07) is 10.8. The molecule has 0 atom stereocenters. The van der Waals surface area contributed by atoms with E-state index < -0.39 is 12.9 Å². The van der Waals surface area contributed by atoms with Crippen LogP contribution in [0.4, 0.5) is 4.39 Å². The molecule has 0 saturated heterocycles. The summed E-state index contributed by atoms with van der Waals surface area (Å²) in [5, 5.41) is 18.4. The Morgan fingerprint density at radius 1 is 1.10 bits per heavy atom. The molecular formula is C14H14BFO4. The third-order valence-electron chi connectivity index (χ3n) is 2.83. The Morgan fingerprint density at radius 3 is 2.55 bits per heavy atom. The van der Waals surface area contributed by atoms with Crippen molar-refractivity contribution in [3.63, 3.8) is 0 Å². The fourth-order valence-corrected chi connectivity index (χ4v) is 1.82. The van der Waals surface area contributed by atoms with Crippen LogP contribution in [0.15, 0.2) is 42.5 Å². The summed E-state index contributed by atoms with van der Waals surface area (Å²) in [6.07, 6.45) is 0. The Bertz CT molecular complexity index is 589. The minimum absolute atomic E-state index is 0.0888. The molecule has 0 saturated carbocycles. The third kappa shape index (κ3) is 3.29. The monoisotopic (exact) mass is 276 g/mol. The van der Waals surface area contributed by atoms with Gasteiger partial charge in [-0.2, -0.15) is 0 Å². The summed E-state index contributed by atoms with van der Waals surface area (Å²) in [5.41, 5.74) is 0.888. The second-order valence-electron chi connectivity index (χ2n) is 4.16. The highest BCUT2D eigenvalue weighted by Gasteiger charge is 2.18. The molecule has 20 heavy (non-hydrogen) atoms. The smallest absolute Gasteiger partial charge is 0.492 e. The maximum Gasteiger partial charge on any atom is 0.492 e. The second-order valence-corrected chi connectivity index (χ2v) is 4.16. The molecule has 0 aromatic heterocycles. The zero-order valence-electron chi connectivity index (χ0n) is 10.9. The van der Waals surface area contributed by atoms with Gasteiger partial charge in [-0.15, -0.1) is 0 Å². The Morgan fingerprint density at radius 2 is 1.85 bits per heavy atom. The van der Waals surface area contributed by atoms with Crippen molar-refractivity contribution in [3.05, 3.63) is 53.8 Å². The van der Waals surface area contributed by atoms with E-state index in [2.05, 4.69) is 0 Å². The highest BCUT2D eigenvalue weighted by Crippen LogP contribution is 2.20. The van der Waals surface area contributed by atoms with E-state index in [0.717, 1.165) is 17.7 Å². The molecule has 0 heterocycles. The Kier molecular flexibility index (Phi) is 4.60.